The molecule has 0 saturated carbocycles. The number of pyridine rings is 1. The number of alkyl halides is 3. The fourth-order valence-corrected chi connectivity index (χ4v) is 2.56. The van der Waals surface area contributed by atoms with Crippen molar-refractivity contribution in [3.63, 3.8) is 0 Å². The SMILES string of the molecule is COc1cc(C(F)F)c(I)c(CBr)n1. The van der Waals surface area contributed by atoms with Crippen molar-refractivity contribution in [1.29, 1.82) is 0 Å². The minimum absolute atomic E-state index is 0.0353. The van der Waals surface area contributed by atoms with Gasteiger partial charge in [0, 0.05) is 20.5 Å². The average Bonchev–Trinajstić information content (AvgIpc) is 2.17. The molecule has 1 heterocycles. The smallest absolute Gasteiger partial charge is 0.265 e. The van der Waals surface area contributed by atoms with Gasteiger partial charge in [-0.15, -0.1) is 0 Å². The predicted octanol–water partition coefficient (Wildman–Crippen LogP) is 3.53. The van der Waals surface area contributed by atoms with Gasteiger partial charge in [-0.1, -0.05) is 15.9 Å². The van der Waals surface area contributed by atoms with Gasteiger partial charge in [-0.3, -0.25) is 0 Å². The third-order valence-electron chi connectivity index (χ3n) is 1.60. The summed E-state index contributed by atoms with van der Waals surface area (Å²) < 4.78 is 30.4. The fourth-order valence-electron chi connectivity index (χ4n) is 0.929. The summed E-state index contributed by atoms with van der Waals surface area (Å²) in [4.78, 5) is 4.04. The second kappa shape index (κ2) is 5.20. The lowest BCUT2D eigenvalue weighted by atomic mass is 10.2. The van der Waals surface area contributed by atoms with Crippen LogP contribution in [0.25, 0.3) is 0 Å². The molecular weight excluding hydrogens is 371 g/mol. The van der Waals surface area contributed by atoms with Gasteiger partial charge in [0.05, 0.1) is 12.8 Å². The third kappa shape index (κ3) is 2.53. The Balaban J connectivity index is 3.27. The highest BCUT2D eigenvalue weighted by Crippen LogP contribution is 2.29. The van der Waals surface area contributed by atoms with Crippen LogP contribution in [0, 0.1) is 3.57 Å². The van der Waals surface area contributed by atoms with Gasteiger partial charge >= 0.3 is 0 Å². The molecule has 1 aromatic rings. The van der Waals surface area contributed by atoms with E-state index in [-0.39, 0.29) is 11.4 Å². The molecule has 2 nitrogen and oxygen atoms in total. The van der Waals surface area contributed by atoms with E-state index >= 15 is 0 Å². The molecule has 0 amide bonds. The molecule has 1 aromatic heterocycles. The summed E-state index contributed by atoms with van der Waals surface area (Å²) in [5.41, 5.74) is 0.534. The molecule has 0 unspecified atom stereocenters. The topological polar surface area (TPSA) is 22.1 Å². The minimum atomic E-state index is -2.50. The fraction of sp³-hybridized carbons (Fsp3) is 0.375. The highest BCUT2D eigenvalue weighted by atomic mass is 127. The zero-order valence-corrected chi connectivity index (χ0v) is 11.0. The Kier molecular flexibility index (Phi) is 4.49. The predicted molar refractivity (Wildman–Crippen MR) is 61.1 cm³/mol. The molecule has 6 heteroatoms. The van der Waals surface area contributed by atoms with Crippen LogP contribution in [-0.4, -0.2) is 12.1 Å². The van der Waals surface area contributed by atoms with E-state index in [4.69, 9.17) is 4.74 Å². The van der Waals surface area contributed by atoms with Crippen LogP contribution < -0.4 is 4.74 Å². The van der Waals surface area contributed by atoms with E-state index in [2.05, 4.69) is 20.9 Å². The summed E-state index contributed by atoms with van der Waals surface area (Å²) in [7, 11) is 1.41. The number of rotatable bonds is 3. The summed E-state index contributed by atoms with van der Waals surface area (Å²) in [5, 5.41) is 0.433. The number of ether oxygens (including phenoxy) is 1. The number of aromatic nitrogens is 1. The molecule has 0 spiro atoms. The first-order valence-electron chi connectivity index (χ1n) is 3.67. The monoisotopic (exact) mass is 377 g/mol. The molecule has 0 bridgehead atoms. The lowest BCUT2D eigenvalue weighted by Crippen LogP contribution is -2.00. The van der Waals surface area contributed by atoms with Gasteiger partial charge in [-0.2, -0.15) is 0 Å². The van der Waals surface area contributed by atoms with Crippen LogP contribution in [0.15, 0.2) is 6.07 Å². The molecule has 78 valence electrons. The minimum Gasteiger partial charge on any atom is -0.481 e. The van der Waals surface area contributed by atoms with Crippen LogP contribution >= 0.6 is 38.5 Å². The van der Waals surface area contributed by atoms with Gasteiger partial charge < -0.3 is 4.74 Å². The van der Waals surface area contributed by atoms with Gasteiger partial charge in [0.1, 0.15) is 0 Å². The molecule has 1 rings (SSSR count). The van der Waals surface area contributed by atoms with E-state index < -0.39 is 6.43 Å². The number of methoxy groups -OCH3 is 1. The molecule has 0 aliphatic carbocycles. The Morgan fingerprint density at radius 2 is 2.29 bits per heavy atom. The first-order valence-corrected chi connectivity index (χ1v) is 5.87. The molecule has 0 atom stereocenters. The van der Waals surface area contributed by atoms with Crippen LogP contribution in [0.2, 0.25) is 0 Å². The number of hydrogen-bond acceptors (Lipinski definition) is 2. The van der Waals surface area contributed by atoms with Gasteiger partial charge in [0.25, 0.3) is 6.43 Å². The van der Waals surface area contributed by atoms with E-state index in [1.54, 1.807) is 0 Å². The number of hydrogen-bond donors (Lipinski definition) is 0. The summed E-state index contributed by atoms with van der Waals surface area (Å²) in [6, 6.07) is 1.26. The van der Waals surface area contributed by atoms with Gasteiger partial charge in [-0.05, 0) is 22.6 Å². The highest BCUT2D eigenvalue weighted by molar-refractivity contribution is 14.1. The summed E-state index contributed by atoms with van der Waals surface area (Å²) in [6.07, 6.45) is -2.50. The van der Waals surface area contributed by atoms with Crippen molar-refractivity contribution in [2.45, 2.75) is 11.8 Å². The van der Waals surface area contributed by atoms with Crippen molar-refractivity contribution in [2.75, 3.05) is 7.11 Å². The zero-order chi connectivity index (χ0) is 10.7. The van der Waals surface area contributed by atoms with Crippen LogP contribution in [0.1, 0.15) is 17.7 Å². The molecule has 0 N–H and O–H groups in total. The van der Waals surface area contributed by atoms with Crippen molar-refractivity contribution in [1.82, 2.24) is 4.98 Å². The molecule has 0 aromatic carbocycles. The second-order valence-electron chi connectivity index (χ2n) is 2.45. The molecule has 14 heavy (non-hydrogen) atoms. The van der Waals surface area contributed by atoms with Crippen molar-refractivity contribution in [2.24, 2.45) is 0 Å². The number of nitrogens with zero attached hydrogens (tertiary/aromatic N) is 1. The Labute approximate surface area is 102 Å². The Morgan fingerprint density at radius 1 is 1.64 bits per heavy atom. The summed E-state index contributed by atoms with van der Waals surface area (Å²) in [6.45, 7) is 0. The first kappa shape index (κ1) is 12.1. The summed E-state index contributed by atoms with van der Waals surface area (Å²) >= 11 is 5.05. The van der Waals surface area contributed by atoms with Crippen LogP contribution in [0.3, 0.4) is 0 Å². The maximum atomic E-state index is 12.6. The third-order valence-corrected chi connectivity index (χ3v) is 3.38. The van der Waals surface area contributed by atoms with E-state index in [9.17, 15) is 8.78 Å². The largest absolute Gasteiger partial charge is 0.481 e. The van der Waals surface area contributed by atoms with Gasteiger partial charge in [-0.25, -0.2) is 13.8 Å². The standard InChI is InChI=1S/C8H7BrF2INO/c1-14-6-2-4(8(10)11)7(12)5(3-9)13-6/h2,8H,3H2,1H3. The summed E-state index contributed by atoms with van der Waals surface area (Å²) in [5.74, 6) is 0.218. The van der Waals surface area contributed by atoms with E-state index in [1.807, 2.05) is 22.6 Å². The van der Waals surface area contributed by atoms with E-state index in [1.165, 1.54) is 13.2 Å². The van der Waals surface area contributed by atoms with E-state index in [0.29, 0.717) is 14.6 Å². The van der Waals surface area contributed by atoms with Crippen molar-refractivity contribution >= 4 is 38.5 Å². The molecule has 0 aliphatic heterocycles. The molecule has 0 radical (unpaired) electrons. The molecule has 0 aliphatic rings. The molecule has 0 fully saturated rings. The number of halogens is 4. The van der Waals surface area contributed by atoms with Crippen molar-refractivity contribution in [3.8, 4) is 5.88 Å². The van der Waals surface area contributed by atoms with E-state index in [0.717, 1.165) is 0 Å². The normalized spacial score (nSPS) is 10.7. The Hall–Kier alpha value is 0.0200. The van der Waals surface area contributed by atoms with Crippen molar-refractivity contribution in [3.05, 3.63) is 20.9 Å². The highest BCUT2D eigenvalue weighted by Gasteiger charge is 2.17. The maximum absolute atomic E-state index is 12.6. The van der Waals surface area contributed by atoms with Crippen LogP contribution in [0.5, 0.6) is 5.88 Å². The zero-order valence-electron chi connectivity index (χ0n) is 7.23. The second-order valence-corrected chi connectivity index (χ2v) is 4.09. The van der Waals surface area contributed by atoms with Crippen LogP contribution in [0.4, 0.5) is 8.78 Å². The van der Waals surface area contributed by atoms with Gasteiger partial charge in [0.15, 0.2) is 0 Å². The lowest BCUT2D eigenvalue weighted by Gasteiger charge is -2.09. The molecular formula is C8H7BrF2INO. The Bertz CT molecular complexity index is 335. The van der Waals surface area contributed by atoms with Crippen LogP contribution in [-0.2, 0) is 5.33 Å². The quantitative estimate of drug-likeness (QED) is 0.594. The molecule has 0 saturated heterocycles. The van der Waals surface area contributed by atoms with Crippen molar-refractivity contribution < 1.29 is 13.5 Å². The maximum Gasteiger partial charge on any atom is 0.265 e. The Morgan fingerprint density at radius 3 is 2.71 bits per heavy atom. The average molecular weight is 378 g/mol. The van der Waals surface area contributed by atoms with Gasteiger partial charge in [0.2, 0.25) is 5.88 Å². The first-order chi connectivity index (χ1) is 6.60. The lowest BCUT2D eigenvalue weighted by molar-refractivity contribution is 0.149.